The lowest BCUT2D eigenvalue weighted by Gasteiger charge is -2.34. The Balaban J connectivity index is 2.50. The highest BCUT2D eigenvalue weighted by Gasteiger charge is 2.34. The van der Waals surface area contributed by atoms with Crippen molar-refractivity contribution in [1.82, 2.24) is 5.32 Å². The smallest absolute Gasteiger partial charge is 0.0618 e. The zero-order chi connectivity index (χ0) is 13.6. The van der Waals surface area contributed by atoms with Crippen molar-refractivity contribution in [2.45, 2.75) is 65.8 Å². The second-order valence-corrected chi connectivity index (χ2v) is 6.99. The predicted octanol–water partition coefficient (Wildman–Crippen LogP) is 3.85. The second-order valence-electron chi connectivity index (χ2n) is 6.99. The van der Waals surface area contributed by atoms with Gasteiger partial charge in [0, 0.05) is 19.7 Å². The SMILES string of the molecule is COCC(NCC1(CC(C)C)CCCC1)C(C)C. The largest absolute Gasteiger partial charge is 0.383 e. The van der Waals surface area contributed by atoms with Gasteiger partial charge in [0.05, 0.1) is 6.61 Å². The molecule has 1 saturated carbocycles. The van der Waals surface area contributed by atoms with Gasteiger partial charge < -0.3 is 10.1 Å². The number of methoxy groups -OCH3 is 1. The van der Waals surface area contributed by atoms with Crippen LogP contribution in [0, 0.1) is 17.3 Å². The van der Waals surface area contributed by atoms with E-state index in [-0.39, 0.29) is 0 Å². The maximum absolute atomic E-state index is 5.33. The maximum atomic E-state index is 5.33. The fourth-order valence-electron chi connectivity index (χ4n) is 3.46. The van der Waals surface area contributed by atoms with Gasteiger partial charge in [-0.15, -0.1) is 0 Å². The Morgan fingerprint density at radius 2 is 1.72 bits per heavy atom. The van der Waals surface area contributed by atoms with Crippen molar-refractivity contribution in [1.29, 1.82) is 0 Å². The molecule has 0 amide bonds. The van der Waals surface area contributed by atoms with Crippen LogP contribution in [0.3, 0.4) is 0 Å². The minimum absolute atomic E-state index is 0.500. The van der Waals surface area contributed by atoms with E-state index in [0.717, 1.165) is 12.5 Å². The summed E-state index contributed by atoms with van der Waals surface area (Å²) >= 11 is 0. The Labute approximate surface area is 114 Å². The van der Waals surface area contributed by atoms with Gasteiger partial charge >= 0.3 is 0 Å². The average molecular weight is 255 g/mol. The molecule has 0 bridgehead atoms. The minimum atomic E-state index is 0.500. The summed E-state index contributed by atoms with van der Waals surface area (Å²) in [5, 5.41) is 3.78. The zero-order valence-electron chi connectivity index (χ0n) is 13.1. The van der Waals surface area contributed by atoms with Crippen molar-refractivity contribution in [3.63, 3.8) is 0 Å². The van der Waals surface area contributed by atoms with E-state index in [1.54, 1.807) is 7.11 Å². The average Bonchev–Trinajstić information content (AvgIpc) is 2.71. The van der Waals surface area contributed by atoms with Gasteiger partial charge in [-0.05, 0) is 36.5 Å². The summed E-state index contributed by atoms with van der Waals surface area (Å²) in [5.41, 5.74) is 0.565. The Bertz CT molecular complexity index is 219. The van der Waals surface area contributed by atoms with Gasteiger partial charge in [0.2, 0.25) is 0 Å². The molecule has 0 aromatic heterocycles. The lowest BCUT2D eigenvalue weighted by Crippen LogP contribution is -2.44. The van der Waals surface area contributed by atoms with Crippen LogP contribution in [0.1, 0.15) is 59.8 Å². The van der Waals surface area contributed by atoms with Crippen LogP contribution in [0.15, 0.2) is 0 Å². The van der Waals surface area contributed by atoms with Gasteiger partial charge in [0.15, 0.2) is 0 Å². The van der Waals surface area contributed by atoms with Crippen molar-refractivity contribution >= 4 is 0 Å². The molecule has 1 N–H and O–H groups in total. The molecule has 1 aliphatic rings. The molecule has 1 rings (SSSR count). The first kappa shape index (κ1) is 16.0. The van der Waals surface area contributed by atoms with Crippen LogP contribution in [-0.4, -0.2) is 26.3 Å². The summed E-state index contributed by atoms with van der Waals surface area (Å²) < 4.78 is 5.33. The summed E-state index contributed by atoms with van der Waals surface area (Å²) in [6.45, 7) is 11.3. The van der Waals surface area contributed by atoms with E-state index < -0.39 is 0 Å². The van der Waals surface area contributed by atoms with Crippen LogP contribution >= 0.6 is 0 Å². The molecule has 0 aromatic carbocycles. The van der Waals surface area contributed by atoms with Crippen molar-refractivity contribution < 1.29 is 4.74 Å². The van der Waals surface area contributed by atoms with E-state index >= 15 is 0 Å². The van der Waals surface area contributed by atoms with Crippen LogP contribution < -0.4 is 5.32 Å². The zero-order valence-corrected chi connectivity index (χ0v) is 13.1. The molecular formula is C16H33NO. The normalized spacial score (nSPS) is 20.8. The first-order chi connectivity index (χ1) is 8.49. The lowest BCUT2D eigenvalue weighted by atomic mass is 9.78. The number of hydrogen-bond donors (Lipinski definition) is 1. The molecule has 0 heterocycles. The molecule has 1 fully saturated rings. The van der Waals surface area contributed by atoms with Crippen LogP contribution in [0.5, 0.6) is 0 Å². The van der Waals surface area contributed by atoms with Gasteiger partial charge in [-0.3, -0.25) is 0 Å². The van der Waals surface area contributed by atoms with E-state index in [1.807, 2.05) is 0 Å². The minimum Gasteiger partial charge on any atom is -0.383 e. The molecule has 1 unspecified atom stereocenters. The Morgan fingerprint density at radius 1 is 1.11 bits per heavy atom. The third-order valence-electron chi connectivity index (χ3n) is 4.40. The van der Waals surface area contributed by atoms with E-state index in [4.69, 9.17) is 4.74 Å². The molecule has 0 aromatic rings. The maximum Gasteiger partial charge on any atom is 0.0618 e. The molecule has 0 saturated heterocycles. The Morgan fingerprint density at radius 3 is 2.17 bits per heavy atom. The molecule has 18 heavy (non-hydrogen) atoms. The standard InChI is InChI=1S/C16H33NO/c1-13(2)10-16(8-6-7-9-16)12-17-15(11-18-5)14(3)4/h13-15,17H,6-12H2,1-5H3. The number of nitrogens with one attached hydrogen (secondary N) is 1. The molecule has 0 aliphatic heterocycles. The van der Waals surface area contributed by atoms with E-state index in [2.05, 4.69) is 33.0 Å². The van der Waals surface area contributed by atoms with E-state index in [1.165, 1.54) is 38.6 Å². The lowest BCUT2D eigenvalue weighted by molar-refractivity contribution is 0.130. The van der Waals surface area contributed by atoms with E-state index in [9.17, 15) is 0 Å². The molecule has 0 spiro atoms. The number of ether oxygens (including phenoxy) is 1. The molecule has 0 radical (unpaired) electrons. The summed E-state index contributed by atoms with van der Waals surface area (Å²) in [4.78, 5) is 0. The molecule has 1 aliphatic carbocycles. The van der Waals surface area contributed by atoms with Gasteiger partial charge in [-0.25, -0.2) is 0 Å². The van der Waals surface area contributed by atoms with Crippen LogP contribution in [0.25, 0.3) is 0 Å². The molecular weight excluding hydrogens is 222 g/mol. The van der Waals surface area contributed by atoms with Gasteiger partial charge in [-0.1, -0.05) is 40.5 Å². The Hall–Kier alpha value is -0.0800. The van der Waals surface area contributed by atoms with Crippen LogP contribution in [-0.2, 0) is 4.74 Å². The summed E-state index contributed by atoms with van der Waals surface area (Å²) in [7, 11) is 1.80. The highest BCUT2D eigenvalue weighted by Crippen LogP contribution is 2.42. The number of hydrogen-bond acceptors (Lipinski definition) is 2. The van der Waals surface area contributed by atoms with Crippen LogP contribution in [0.2, 0.25) is 0 Å². The highest BCUT2D eigenvalue weighted by atomic mass is 16.5. The molecule has 108 valence electrons. The highest BCUT2D eigenvalue weighted by molar-refractivity contribution is 4.89. The third-order valence-corrected chi connectivity index (χ3v) is 4.40. The van der Waals surface area contributed by atoms with Crippen LogP contribution in [0.4, 0.5) is 0 Å². The second kappa shape index (κ2) is 7.49. The number of rotatable bonds is 8. The first-order valence-corrected chi connectivity index (χ1v) is 7.71. The van der Waals surface area contributed by atoms with Gasteiger partial charge in [0.1, 0.15) is 0 Å². The van der Waals surface area contributed by atoms with Crippen molar-refractivity contribution in [2.24, 2.45) is 17.3 Å². The summed E-state index contributed by atoms with van der Waals surface area (Å²) in [5.74, 6) is 1.45. The van der Waals surface area contributed by atoms with Crippen molar-refractivity contribution in [2.75, 3.05) is 20.3 Å². The van der Waals surface area contributed by atoms with Gasteiger partial charge in [-0.2, -0.15) is 0 Å². The van der Waals surface area contributed by atoms with Gasteiger partial charge in [0.25, 0.3) is 0 Å². The predicted molar refractivity (Wildman–Crippen MR) is 78.9 cm³/mol. The Kier molecular flexibility index (Phi) is 6.65. The monoisotopic (exact) mass is 255 g/mol. The van der Waals surface area contributed by atoms with E-state index in [0.29, 0.717) is 17.4 Å². The molecule has 2 heteroatoms. The fraction of sp³-hybridized carbons (Fsp3) is 1.00. The van der Waals surface area contributed by atoms with Crippen molar-refractivity contribution in [3.8, 4) is 0 Å². The fourth-order valence-corrected chi connectivity index (χ4v) is 3.46. The molecule has 1 atom stereocenters. The quantitative estimate of drug-likeness (QED) is 0.711. The first-order valence-electron chi connectivity index (χ1n) is 7.71. The third kappa shape index (κ3) is 4.89. The molecule has 2 nitrogen and oxygen atoms in total. The summed E-state index contributed by atoms with van der Waals surface area (Å²) in [6.07, 6.45) is 7.04. The van der Waals surface area contributed by atoms with Crippen molar-refractivity contribution in [3.05, 3.63) is 0 Å². The summed E-state index contributed by atoms with van der Waals surface area (Å²) in [6, 6.07) is 0.500. The topological polar surface area (TPSA) is 21.3 Å².